The van der Waals surface area contributed by atoms with E-state index in [-0.39, 0.29) is 11.8 Å². The Balaban J connectivity index is 1.76. The van der Waals surface area contributed by atoms with Gasteiger partial charge in [-0.25, -0.2) is 4.68 Å². The number of amides is 1. The van der Waals surface area contributed by atoms with Crippen LogP contribution in [0.25, 0.3) is 16.6 Å². The standard InChI is InChI=1S/C21H25ClN6O/c1-4-23-21(29)15-6-5-11-27(12-15)20-19-18(13(2)24-25-20)14(3)28(26-19)17-9-7-16(22)8-10-17/h7-10,15H,4-6,11-12H2,1-3H3,(H,23,29). The second kappa shape index (κ2) is 7.99. The van der Waals surface area contributed by atoms with Crippen molar-refractivity contribution in [2.24, 2.45) is 5.92 Å². The molecule has 0 aliphatic carbocycles. The average Bonchev–Trinajstić information content (AvgIpc) is 3.07. The quantitative estimate of drug-likeness (QED) is 0.710. The number of rotatable bonds is 4. The molecule has 1 aliphatic rings. The number of piperidine rings is 1. The maximum Gasteiger partial charge on any atom is 0.224 e. The third-order valence-electron chi connectivity index (χ3n) is 5.50. The van der Waals surface area contributed by atoms with Crippen LogP contribution in [0.4, 0.5) is 5.82 Å². The minimum Gasteiger partial charge on any atom is -0.356 e. The monoisotopic (exact) mass is 412 g/mol. The molecule has 1 amide bonds. The van der Waals surface area contributed by atoms with Crippen molar-refractivity contribution in [1.29, 1.82) is 0 Å². The predicted octanol–water partition coefficient (Wildman–Crippen LogP) is 3.44. The van der Waals surface area contributed by atoms with Gasteiger partial charge in [0.2, 0.25) is 5.91 Å². The molecule has 4 rings (SSSR count). The summed E-state index contributed by atoms with van der Waals surface area (Å²) in [6.45, 7) is 8.05. The van der Waals surface area contributed by atoms with E-state index in [4.69, 9.17) is 16.7 Å². The molecular formula is C21H25ClN6O. The van der Waals surface area contributed by atoms with Crippen molar-refractivity contribution >= 4 is 34.2 Å². The summed E-state index contributed by atoms with van der Waals surface area (Å²) >= 11 is 6.04. The third kappa shape index (κ3) is 3.67. The van der Waals surface area contributed by atoms with Crippen LogP contribution in [0.2, 0.25) is 5.02 Å². The number of nitrogens with zero attached hydrogens (tertiary/aromatic N) is 5. The lowest BCUT2D eigenvalue weighted by Gasteiger charge is -2.32. The predicted molar refractivity (Wildman–Crippen MR) is 115 cm³/mol. The van der Waals surface area contributed by atoms with E-state index in [0.717, 1.165) is 53.2 Å². The lowest BCUT2D eigenvalue weighted by molar-refractivity contribution is -0.125. The molecule has 1 fully saturated rings. The van der Waals surface area contributed by atoms with Crippen LogP contribution in [-0.4, -0.2) is 45.5 Å². The Kier molecular flexibility index (Phi) is 5.41. The van der Waals surface area contributed by atoms with Crippen molar-refractivity contribution in [3.05, 3.63) is 40.7 Å². The first-order chi connectivity index (χ1) is 14.0. The summed E-state index contributed by atoms with van der Waals surface area (Å²) in [5, 5.41) is 18.4. The van der Waals surface area contributed by atoms with Crippen molar-refractivity contribution in [3.63, 3.8) is 0 Å². The molecule has 3 aromatic rings. The molecule has 1 saturated heterocycles. The van der Waals surface area contributed by atoms with E-state index in [2.05, 4.69) is 20.4 Å². The minimum absolute atomic E-state index is 0.0405. The highest BCUT2D eigenvalue weighted by molar-refractivity contribution is 6.30. The van der Waals surface area contributed by atoms with E-state index in [1.54, 1.807) is 0 Å². The Hall–Kier alpha value is -2.67. The third-order valence-corrected chi connectivity index (χ3v) is 5.75. The molecule has 152 valence electrons. The van der Waals surface area contributed by atoms with Gasteiger partial charge in [0.05, 0.1) is 28.4 Å². The van der Waals surface area contributed by atoms with Crippen molar-refractivity contribution in [3.8, 4) is 5.69 Å². The molecule has 7 nitrogen and oxygen atoms in total. The van der Waals surface area contributed by atoms with Crippen LogP contribution in [0, 0.1) is 19.8 Å². The molecule has 0 bridgehead atoms. The van der Waals surface area contributed by atoms with Crippen LogP contribution < -0.4 is 10.2 Å². The van der Waals surface area contributed by atoms with E-state index >= 15 is 0 Å². The summed E-state index contributed by atoms with van der Waals surface area (Å²) in [6, 6.07) is 7.61. The lowest BCUT2D eigenvalue weighted by atomic mass is 9.97. The number of halogens is 1. The molecule has 1 aliphatic heterocycles. The van der Waals surface area contributed by atoms with Crippen LogP contribution in [0.3, 0.4) is 0 Å². The van der Waals surface area contributed by atoms with Gasteiger partial charge in [-0.05, 0) is 57.9 Å². The van der Waals surface area contributed by atoms with Gasteiger partial charge in [0.25, 0.3) is 0 Å². The van der Waals surface area contributed by atoms with Gasteiger partial charge in [0.15, 0.2) is 5.82 Å². The Labute approximate surface area is 175 Å². The first-order valence-corrected chi connectivity index (χ1v) is 10.4. The summed E-state index contributed by atoms with van der Waals surface area (Å²) in [7, 11) is 0. The van der Waals surface area contributed by atoms with Crippen molar-refractivity contribution in [2.45, 2.75) is 33.6 Å². The smallest absolute Gasteiger partial charge is 0.224 e. The zero-order valence-corrected chi connectivity index (χ0v) is 17.7. The molecule has 29 heavy (non-hydrogen) atoms. The molecule has 1 unspecified atom stereocenters. The van der Waals surface area contributed by atoms with Gasteiger partial charge < -0.3 is 10.2 Å². The first-order valence-electron chi connectivity index (χ1n) is 10.0. The fourth-order valence-corrected chi connectivity index (χ4v) is 4.19. The summed E-state index contributed by atoms with van der Waals surface area (Å²) in [6.07, 6.45) is 1.83. The van der Waals surface area contributed by atoms with Gasteiger partial charge in [-0.2, -0.15) is 10.2 Å². The second-order valence-corrected chi connectivity index (χ2v) is 7.92. The maximum absolute atomic E-state index is 12.4. The summed E-state index contributed by atoms with van der Waals surface area (Å²) < 4.78 is 1.91. The lowest BCUT2D eigenvalue weighted by Crippen LogP contribution is -2.43. The molecule has 3 heterocycles. The van der Waals surface area contributed by atoms with Crippen molar-refractivity contribution in [2.75, 3.05) is 24.5 Å². The van der Waals surface area contributed by atoms with Gasteiger partial charge in [0.1, 0.15) is 5.52 Å². The number of hydrogen-bond donors (Lipinski definition) is 1. The van der Waals surface area contributed by atoms with E-state index in [9.17, 15) is 4.79 Å². The van der Waals surface area contributed by atoms with Gasteiger partial charge >= 0.3 is 0 Å². The highest BCUT2D eigenvalue weighted by atomic mass is 35.5. The normalized spacial score (nSPS) is 17.0. The number of aromatic nitrogens is 4. The highest BCUT2D eigenvalue weighted by Crippen LogP contribution is 2.31. The molecule has 0 radical (unpaired) electrons. The Morgan fingerprint density at radius 3 is 2.72 bits per heavy atom. The number of fused-ring (bicyclic) bond motifs is 1. The number of carbonyl (C=O) groups excluding carboxylic acids is 1. The number of benzene rings is 1. The molecule has 0 spiro atoms. The van der Waals surface area contributed by atoms with Gasteiger partial charge in [-0.3, -0.25) is 4.79 Å². The summed E-state index contributed by atoms with van der Waals surface area (Å²) in [5.41, 5.74) is 3.61. The minimum atomic E-state index is -0.0405. The zero-order valence-electron chi connectivity index (χ0n) is 16.9. The van der Waals surface area contributed by atoms with Crippen LogP contribution in [0.5, 0.6) is 0 Å². The SMILES string of the molecule is CCNC(=O)C1CCCN(c2nnc(C)c3c(C)n(-c4ccc(Cl)cc4)nc23)C1. The topological polar surface area (TPSA) is 75.9 Å². The zero-order chi connectivity index (χ0) is 20.5. The number of aryl methyl sites for hydroxylation is 2. The molecule has 0 saturated carbocycles. The summed E-state index contributed by atoms with van der Waals surface area (Å²) in [5.74, 6) is 0.813. The summed E-state index contributed by atoms with van der Waals surface area (Å²) in [4.78, 5) is 14.5. The molecule has 2 aromatic heterocycles. The molecule has 1 atom stereocenters. The van der Waals surface area contributed by atoms with Crippen LogP contribution >= 0.6 is 11.6 Å². The van der Waals surface area contributed by atoms with Crippen molar-refractivity contribution in [1.82, 2.24) is 25.3 Å². The molecule has 8 heteroatoms. The van der Waals surface area contributed by atoms with Gasteiger partial charge in [0, 0.05) is 24.7 Å². The largest absolute Gasteiger partial charge is 0.356 e. The molecule has 1 aromatic carbocycles. The Morgan fingerprint density at radius 1 is 1.24 bits per heavy atom. The fraction of sp³-hybridized carbons (Fsp3) is 0.429. The van der Waals surface area contributed by atoms with Crippen LogP contribution in [-0.2, 0) is 4.79 Å². The Morgan fingerprint density at radius 2 is 2.00 bits per heavy atom. The van der Waals surface area contributed by atoms with Crippen LogP contribution in [0.1, 0.15) is 31.2 Å². The van der Waals surface area contributed by atoms with Crippen molar-refractivity contribution < 1.29 is 4.79 Å². The fourth-order valence-electron chi connectivity index (χ4n) is 4.06. The van der Waals surface area contributed by atoms with E-state index in [1.165, 1.54) is 0 Å². The number of hydrogen-bond acceptors (Lipinski definition) is 5. The number of nitrogens with one attached hydrogen (secondary N) is 1. The first kappa shape index (κ1) is 19.6. The second-order valence-electron chi connectivity index (χ2n) is 7.49. The van der Waals surface area contributed by atoms with E-state index < -0.39 is 0 Å². The molecular weight excluding hydrogens is 388 g/mol. The van der Waals surface area contributed by atoms with Gasteiger partial charge in [-0.15, -0.1) is 5.10 Å². The maximum atomic E-state index is 12.4. The highest BCUT2D eigenvalue weighted by Gasteiger charge is 2.29. The molecule has 1 N–H and O–H groups in total. The van der Waals surface area contributed by atoms with Gasteiger partial charge in [-0.1, -0.05) is 11.6 Å². The Bertz CT molecular complexity index is 1050. The number of carbonyl (C=O) groups is 1. The average molecular weight is 413 g/mol. The number of anilines is 1. The van der Waals surface area contributed by atoms with E-state index in [0.29, 0.717) is 18.1 Å². The van der Waals surface area contributed by atoms with E-state index in [1.807, 2.05) is 49.7 Å². The van der Waals surface area contributed by atoms with Crippen LogP contribution in [0.15, 0.2) is 24.3 Å².